The molecule has 0 amide bonds. The Bertz CT molecular complexity index is 1150. The first kappa shape index (κ1) is 19.1. The van der Waals surface area contributed by atoms with Crippen molar-refractivity contribution in [2.24, 2.45) is 0 Å². The van der Waals surface area contributed by atoms with Crippen molar-refractivity contribution in [2.75, 3.05) is 0 Å². The number of fused-ring (bicyclic) bond motifs is 1. The van der Waals surface area contributed by atoms with E-state index in [-0.39, 0.29) is 12.4 Å². The first-order chi connectivity index (χ1) is 12.6. The number of H-pyrrole nitrogens is 1. The van der Waals surface area contributed by atoms with Crippen molar-refractivity contribution >= 4 is 58.3 Å². The number of nitrogens with zero attached hydrogens (tertiary/aromatic N) is 2. The third-order valence-corrected chi connectivity index (χ3v) is 4.42. The molecule has 0 saturated heterocycles. The molecule has 0 radical (unpaired) electrons. The Morgan fingerprint density at radius 3 is 2.67 bits per heavy atom. The minimum atomic E-state index is 0. The number of nitriles is 1. The lowest BCUT2D eigenvalue weighted by atomic mass is 10.2. The molecule has 4 aromatic rings. The minimum absolute atomic E-state index is 0. The van der Waals surface area contributed by atoms with Gasteiger partial charge in [0.1, 0.15) is 23.4 Å². The van der Waals surface area contributed by atoms with Gasteiger partial charge in [0.05, 0.1) is 21.6 Å². The van der Waals surface area contributed by atoms with Crippen LogP contribution in [0.25, 0.3) is 34.0 Å². The highest BCUT2D eigenvalue weighted by molar-refractivity contribution is 6.36. The number of aromatic amines is 1. The monoisotopic (exact) mass is 415 g/mol. The van der Waals surface area contributed by atoms with Crippen molar-refractivity contribution in [3.63, 3.8) is 0 Å². The standard InChI is InChI=1S/C20H11Cl2N3O.ClH/c21-13-5-7-15(16(22)10-13)19-8-6-14(26-19)9-12(11-23)20-24-17-3-1-2-4-18(17)25-20;/h1-10H,(H,24,25);1H/b12-9+;. The second-order valence-electron chi connectivity index (χ2n) is 5.60. The first-order valence-corrected chi connectivity index (χ1v) is 8.52. The van der Waals surface area contributed by atoms with Gasteiger partial charge in [-0.1, -0.05) is 35.3 Å². The number of nitrogens with one attached hydrogen (secondary N) is 1. The number of imidazole rings is 1. The Morgan fingerprint density at radius 1 is 1.11 bits per heavy atom. The predicted molar refractivity (Wildman–Crippen MR) is 111 cm³/mol. The maximum Gasteiger partial charge on any atom is 0.149 e. The number of hydrogen-bond donors (Lipinski definition) is 1. The van der Waals surface area contributed by atoms with Crippen LogP contribution in [0.4, 0.5) is 0 Å². The van der Waals surface area contributed by atoms with E-state index < -0.39 is 0 Å². The van der Waals surface area contributed by atoms with Gasteiger partial charge in [-0.05, 0) is 42.5 Å². The summed E-state index contributed by atoms with van der Waals surface area (Å²) in [6.07, 6.45) is 1.64. The highest BCUT2D eigenvalue weighted by Crippen LogP contribution is 2.32. The average molecular weight is 417 g/mol. The van der Waals surface area contributed by atoms with Crippen molar-refractivity contribution in [3.8, 4) is 17.4 Å². The van der Waals surface area contributed by atoms with Crippen LogP contribution in [-0.2, 0) is 0 Å². The second-order valence-corrected chi connectivity index (χ2v) is 6.44. The van der Waals surface area contributed by atoms with Crippen LogP contribution in [0.3, 0.4) is 0 Å². The van der Waals surface area contributed by atoms with Crippen molar-refractivity contribution in [3.05, 3.63) is 76.2 Å². The van der Waals surface area contributed by atoms with Gasteiger partial charge >= 0.3 is 0 Å². The molecule has 0 saturated carbocycles. The van der Waals surface area contributed by atoms with Crippen LogP contribution < -0.4 is 0 Å². The van der Waals surface area contributed by atoms with Gasteiger partial charge in [-0.3, -0.25) is 0 Å². The molecule has 0 bridgehead atoms. The molecule has 1 N–H and O–H groups in total. The smallest absolute Gasteiger partial charge is 0.149 e. The number of halogens is 3. The molecule has 0 aliphatic heterocycles. The van der Waals surface area contributed by atoms with Crippen LogP contribution in [0.2, 0.25) is 10.0 Å². The third-order valence-electron chi connectivity index (χ3n) is 3.87. The van der Waals surface area contributed by atoms with E-state index in [9.17, 15) is 5.26 Å². The molecular formula is C20H12Cl3N3O. The molecule has 2 aromatic carbocycles. The van der Waals surface area contributed by atoms with Gasteiger partial charge in [-0.15, -0.1) is 12.4 Å². The SMILES string of the molecule is Cl.N#C/C(=C\c1ccc(-c2ccc(Cl)cc2Cl)o1)c1nc2ccccc2[nH]1. The van der Waals surface area contributed by atoms with E-state index in [1.54, 1.807) is 36.4 Å². The summed E-state index contributed by atoms with van der Waals surface area (Å²) in [5.74, 6) is 1.62. The zero-order valence-electron chi connectivity index (χ0n) is 13.7. The van der Waals surface area contributed by atoms with Crippen molar-refractivity contribution in [2.45, 2.75) is 0 Å². The molecule has 0 spiro atoms. The molecule has 0 fully saturated rings. The summed E-state index contributed by atoms with van der Waals surface area (Å²) in [7, 11) is 0. The molecule has 0 aliphatic rings. The van der Waals surface area contributed by atoms with Crippen molar-refractivity contribution in [1.82, 2.24) is 9.97 Å². The van der Waals surface area contributed by atoms with Crippen LogP contribution in [-0.4, -0.2) is 9.97 Å². The lowest BCUT2D eigenvalue weighted by molar-refractivity contribution is 0.572. The quantitative estimate of drug-likeness (QED) is 0.382. The molecule has 0 atom stereocenters. The summed E-state index contributed by atoms with van der Waals surface area (Å²) >= 11 is 12.1. The summed E-state index contributed by atoms with van der Waals surface area (Å²) in [5, 5.41) is 10.6. The molecule has 7 heteroatoms. The minimum Gasteiger partial charge on any atom is -0.457 e. The van der Waals surface area contributed by atoms with Crippen LogP contribution in [0.15, 0.2) is 59.0 Å². The second kappa shape index (κ2) is 7.89. The lowest BCUT2D eigenvalue weighted by Gasteiger charge is -2.00. The fraction of sp³-hybridized carbons (Fsp3) is 0. The Labute approximate surface area is 171 Å². The van der Waals surface area contributed by atoms with Crippen molar-refractivity contribution < 1.29 is 4.42 Å². The van der Waals surface area contributed by atoms with E-state index in [0.29, 0.717) is 33.0 Å². The molecular weight excluding hydrogens is 405 g/mol. The fourth-order valence-corrected chi connectivity index (χ4v) is 3.14. The normalized spacial score (nSPS) is 11.2. The summed E-state index contributed by atoms with van der Waals surface area (Å²) < 4.78 is 5.82. The van der Waals surface area contributed by atoms with E-state index in [1.807, 2.05) is 24.3 Å². The van der Waals surface area contributed by atoms with Crippen molar-refractivity contribution in [1.29, 1.82) is 5.26 Å². The highest BCUT2D eigenvalue weighted by atomic mass is 35.5. The first-order valence-electron chi connectivity index (χ1n) is 7.76. The molecule has 0 unspecified atom stereocenters. The summed E-state index contributed by atoms with van der Waals surface area (Å²) in [6, 6.07) is 18.5. The largest absolute Gasteiger partial charge is 0.457 e. The Kier molecular flexibility index (Phi) is 5.57. The maximum absolute atomic E-state index is 9.51. The molecule has 2 heterocycles. The van der Waals surface area contributed by atoms with Crippen LogP contribution in [0, 0.1) is 11.3 Å². The molecule has 2 aromatic heterocycles. The van der Waals surface area contributed by atoms with E-state index in [1.165, 1.54) is 0 Å². The highest BCUT2D eigenvalue weighted by Gasteiger charge is 2.11. The Morgan fingerprint density at radius 2 is 1.93 bits per heavy atom. The molecule has 27 heavy (non-hydrogen) atoms. The van der Waals surface area contributed by atoms with E-state index in [4.69, 9.17) is 27.6 Å². The van der Waals surface area contributed by atoms with Crippen LogP contribution in [0.5, 0.6) is 0 Å². The molecule has 4 nitrogen and oxygen atoms in total. The van der Waals surface area contributed by atoms with E-state index in [0.717, 1.165) is 16.6 Å². The topological polar surface area (TPSA) is 65.6 Å². The van der Waals surface area contributed by atoms with Gasteiger partial charge in [0, 0.05) is 16.7 Å². The Hall–Kier alpha value is -2.71. The molecule has 0 aliphatic carbocycles. The van der Waals surface area contributed by atoms with E-state index in [2.05, 4.69) is 16.0 Å². The summed E-state index contributed by atoms with van der Waals surface area (Å²) in [4.78, 5) is 7.59. The van der Waals surface area contributed by atoms with Crippen LogP contribution >= 0.6 is 35.6 Å². The third kappa shape index (κ3) is 3.86. The zero-order chi connectivity index (χ0) is 18.1. The lowest BCUT2D eigenvalue weighted by Crippen LogP contribution is -1.84. The fourth-order valence-electron chi connectivity index (χ4n) is 2.64. The number of benzene rings is 2. The van der Waals surface area contributed by atoms with Gasteiger partial charge in [-0.25, -0.2) is 4.98 Å². The number of furan rings is 1. The Balaban J connectivity index is 0.00000210. The number of hydrogen-bond acceptors (Lipinski definition) is 3. The summed E-state index contributed by atoms with van der Waals surface area (Å²) in [5.41, 5.74) is 2.79. The molecule has 134 valence electrons. The number of para-hydroxylation sites is 2. The van der Waals surface area contributed by atoms with Gasteiger partial charge in [0.25, 0.3) is 0 Å². The van der Waals surface area contributed by atoms with Crippen LogP contribution in [0.1, 0.15) is 11.6 Å². The maximum atomic E-state index is 9.51. The number of allylic oxidation sites excluding steroid dienone is 1. The molecule has 4 rings (SSSR count). The van der Waals surface area contributed by atoms with E-state index >= 15 is 0 Å². The predicted octanol–water partition coefficient (Wildman–Crippen LogP) is 6.62. The number of aromatic nitrogens is 2. The average Bonchev–Trinajstić information content (AvgIpc) is 3.26. The summed E-state index contributed by atoms with van der Waals surface area (Å²) in [6.45, 7) is 0. The zero-order valence-corrected chi connectivity index (χ0v) is 16.1. The van der Waals surface area contributed by atoms with Gasteiger partial charge in [-0.2, -0.15) is 5.26 Å². The van der Waals surface area contributed by atoms with Gasteiger partial charge < -0.3 is 9.40 Å². The van der Waals surface area contributed by atoms with Gasteiger partial charge in [0.15, 0.2) is 0 Å². The number of rotatable bonds is 3. The van der Waals surface area contributed by atoms with Gasteiger partial charge in [0.2, 0.25) is 0 Å².